The predicted molar refractivity (Wildman–Crippen MR) is 92.3 cm³/mol. The van der Waals surface area contributed by atoms with Crippen LogP contribution in [0.4, 0.5) is 0 Å². The molecule has 0 atom stereocenters. The Morgan fingerprint density at radius 2 is 1.84 bits per heavy atom. The molecular weight excluding hydrogens is 316 g/mol. The van der Waals surface area contributed by atoms with Crippen LogP contribution < -0.4 is 4.74 Å². The minimum atomic E-state index is 0.551. The van der Waals surface area contributed by atoms with Crippen molar-refractivity contribution in [2.24, 2.45) is 0 Å². The van der Waals surface area contributed by atoms with E-state index in [2.05, 4.69) is 43.5 Å². The summed E-state index contributed by atoms with van der Waals surface area (Å²) >= 11 is 0. The summed E-state index contributed by atoms with van der Waals surface area (Å²) in [5.41, 5.74) is 2.76. The molecule has 1 aromatic carbocycles. The monoisotopic (exact) mass is 340 g/mol. The second kappa shape index (κ2) is 6.38. The second-order valence-corrected chi connectivity index (χ2v) is 7.36. The molecule has 0 unspecified atom stereocenters. The van der Waals surface area contributed by atoms with Gasteiger partial charge in [0.25, 0.3) is 0 Å². The van der Waals surface area contributed by atoms with Crippen LogP contribution in [-0.2, 0) is 19.5 Å². The lowest BCUT2D eigenvalue weighted by Crippen LogP contribution is -2.45. The molecule has 0 N–H and O–H groups in total. The van der Waals surface area contributed by atoms with Gasteiger partial charge in [0, 0.05) is 39.1 Å². The zero-order valence-electron chi connectivity index (χ0n) is 14.5. The molecule has 1 saturated carbocycles. The average Bonchev–Trinajstić information content (AvgIpc) is 3.19. The van der Waals surface area contributed by atoms with Crippen molar-refractivity contribution < 1.29 is 4.74 Å². The van der Waals surface area contributed by atoms with Crippen molar-refractivity contribution in [3.05, 3.63) is 35.2 Å². The Labute approximate surface area is 147 Å². The number of benzene rings is 1. The number of ether oxygens (including phenoxy) is 1. The van der Waals surface area contributed by atoms with Crippen LogP contribution in [0.1, 0.15) is 35.8 Å². The largest absolute Gasteiger partial charge is 0.493 e. The zero-order chi connectivity index (χ0) is 16.6. The van der Waals surface area contributed by atoms with Crippen LogP contribution in [0.5, 0.6) is 5.75 Å². The predicted octanol–water partition coefficient (Wildman–Crippen LogP) is 1.26. The molecule has 5 rings (SSSR count). The lowest BCUT2D eigenvalue weighted by atomic mass is 10.1. The summed E-state index contributed by atoms with van der Waals surface area (Å²) in [6.45, 7) is 7.07. The number of tetrazole rings is 1. The molecule has 0 spiro atoms. The third-order valence-electron chi connectivity index (χ3n) is 5.44. The highest BCUT2D eigenvalue weighted by atomic mass is 16.5. The average molecular weight is 340 g/mol. The van der Waals surface area contributed by atoms with Crippen molar-refractivity contribution in [3.63, 3.8) is 0 Å². The lowest BCUT2D eigenvalue weighted by molar-refractivity contribution is 0.118. The number of aromatic nitrogens is 4. The molecule has 7 heteroatoms. The Morgan fingerprint density at radius 1 is 1.04 bits per heavy atom. The first-order valence-corrected chi connectivity index (χ1v) is 9.31. The molecule has 2 fully saturated rings. The third-order valence-corrected chi connectivity index (χ3v) is 5.44. The molecule has 0 radical (unpaired) electrons. The molecule has 7 nitrogen and oxygen atoms in total. The fourth-order valence-corrected chi connectivity index (χ4v) is 3.82. The van der Waals surface area contributed by atoms with Crippen LogP contribution >= 0.6 is 0 Å². The van der Waals surface area contributed by atoms with E-state index < -0.39 is 0 Å². The van der Waals surface area contributed by atoms with Gasteiger partial charge in [0.2, 0.25) is 0 Å². The zero-order valence-corrected chi connectivity index (χ0v) is 14.5. The van der Waals surface area contributed by atoms with Crippen LogP contribution in [0, 0.1) is 0 Å². The second-order valence-electron chi connectivity index (χ2n) is 7.36. The molecule has 3 aliphatic rings. The van der Waals surface area contributed by atoms with Crippen molar-refractivity contribution in [3.8, 4) is 5.75 Å². The summed E-state index contributed by atoms with van der Waals surface area (Å²) < 4.78 is 7.63. The van der Waals surface area contributed by atoms with Crippen molar-refractivity contribution in [2.45, 2.75) is 38.4 Å². The van der Waals surface area contributed by atoms with Gasteiger partial charge in [-0.3, -0.25) is 9.80 Å². The van der Waals surface area contributed by atoms with E-state index in [1.807, 2.05) is 4.68 Å². The molecule has 2 aliphatic heterocycles. The van der Waals surface area contributed by atoms with Gasteiger partial charge in [0.1, 0.15) is 5.75 Å². The van der Waals surface area contributed by atoms with Gasteiger partial charge in [-0.25, -0.2) is 4.68 Å². The topological polar surface area (TPSA) is 59.3 Å². The molecule has 1 aliphatic carbocycles. The third kappa shape index (κ3) is 3.26. The standard InChI is InChI=1S/C18H24N6O/c1-4-17-15(5-10-25-17)11-14(1)12-22-6-8-23(9-7-22)13-18-19-20-21-24(18)16-2-3-16/h1,4,11,16H,2-3,5-10,12-13H2. The van der Waals surface area contributed by atoms with Crippen molar-refractivity contribution in [1.29, 1.82) is 0 Å². The van der Waals surface area contributed by atoms with E-state index in [9.17, 15) is 0 Å². The van der Waals surface area contributed by atoms with E-state index in [1.54, 1.807) is 0 Å². The van der Waals surface area contributed by atoms with Crippen molar-refractivity contribution in [2.75, 3.05) is 32.8 Å². The van der Waals surface area contributed by atoms with E-state index >= 15 is 0 Å². The quantitative estimate of drug-likeness (QED) is 0.817. The maximum atomic E-state index is 5.60. The Balaban J connectivity index is 1.15. The first-order chi connectivity index (χ1) is 12.3. The lowest BCUT2D eigenvalue weighted by Gasteiger charge is -2.34. The van der Waals surface area contributed by atoms with Crippen LogP contribution in [0.15, 0.2) is 18.2 Å². The Morgan fingerprint density at radius 3 is 2.64 bits per heavy atom. The Hall–Kier alpha value is -1.99. The minimum absolute atomic E-state index is 0.551. The molecule has 0 bridgehead atoms. The Bertz CT molecular complexity index is 748. The maximum Gasteiger partial charge on any atom is 0.165 e. The summed E-state index contributed by atoms with van der Waals surface area (Å²) in [5.74, 6) is 2.09. The SMILES string of the molecule is c1cc2c(cc1CN1CCN(Cc3nnnn3C3CC3)CC1)CCO2. The smallest absolute Gasteiger partial charge is 0.165 e. The molecular formula is C18H24N6O. The van der Waals surface area contributed by atoms with Crippen LogP contribution in [0.25, 0.3) is 0 Å². The maximum absolute atomic E-state index is 5.60. The first-order valence-electron chi connectivity index (χ1n) is 9.31. The highest BCUT2D eigenvalue weighted by Crippen LogP contribution is 2.34. The van der Waals surface area contributed by atoms with Crippen LogP contribution in [0.3, 0.4) is 0 Å². The van der Waals surface area contributed by atoms with E-state index in [-0.39, 0.29) is 0 Å². The van der Waals surface area contributed by atoms with Gasteiger partial charge in [-0.1, -0.05) is 12.1 Å². The Kier molecular flexibility index (Phi) is 3.90. The number of piperazine rings is 1. The van der Waals surface area contributed by atoms with Gasteiger partial charge < -0.3 is 4.74 Å². The molecule has 1 aromatic heterocycles. The highest BCUT2D eigenvalue weighted by Gasteiger charge is 2.29. The van der Waals surface area contributed by atoms with Crippen molar-refractivity contribution >= 4 is 0 Å². The van der Waals surface area contributed by atoms with Gasteiger partial charge >= 0.3 is 0 Å². The molecule has 2 aromatic rings. The minimum Gasteiger partial charge on any atom is -0.493 e. The number of hydrogen-bond acceptors (Lipinski definition) is 6. The molecule has 1 saturated heterocycles. The van der Waals surface area contributed by atoms with Gasteiger partial charge in [-0.15, -0.1) is 5.10 Å². The van der Waals surface area contributed by atoms with E-state index in [4.69, 9.17) is 4.74 Å². The molecule has 3 heterocycles. The fourth-order valence-electron chi connectivity index (χ4n) is 3.82. The highest BCUT2D eigenvalue weighted by molar-refractivity contribution is 5.39. The fraction of sp³-hybridized carbons (Fsp3) is 0.611. The summed E-state index contributed by atoms with van der Waals surface area (Å²) in [7, 11) is 0. The summed E-state index contributed by atoms with van der Waals surface area (Å²) in [6.07, 6.45) is 3.49. The summed E-state index contributed by atoms with van der Waals surface area (Å²) in [4.78, 5) is 5.01. The van der Waals surface area contributed by atoms with E-state index in [0.29, 0.717) is 6.04 Å². The number of fused-ring (bicyclic) bond motifs is 1. The van der Waals surface area contributed by atoms with Crippen molar-refractivity contribution in [1.82, 2.24) is 30.0 Å². The summed E-state index contributed by atoms with van der Waals surface area (Å²) in [5, 5.41) is 12.2. The van der Waals surface area contributed by atoms with Crippen LogP contribution in [-0.4, -0.2) is 62.8 Å². The van der Waals surface area contributed by atoms with Gasteiger partial charge in [0.15, 0.2) is 5.82 Å². The summed E-state index contributed by atoms with van der Waals surface area (Å²) in [6, 6.07) is 7.21. The molecule has 0 amide bonds. The first kappa shape index (κ1) is 15.3. The van der Waals surface area contributed by atoms with E-state index in [0.717, 1.165) is 63.9 Å². The van der Waals surface area contributed by atoms with Gasteiger partial charge in [0.05, 0.1) is 19.2 Å². The normalized spacial score (nSPS) is 21.3. The van der Waals surface area contributed by atoms with E-state index in [1.165, 1.54) is 24.0 Å². The van der Waals surface area contributed by atoms with Gasteiger partial charge in [-0.2, -0.15) is 0 Å². The van der Waals surface area contributed by atoms with Crippen LogP contribution in [0.2, 0.25) is 0 Å². The number of hydrogen-bond donors (Lipinski definition) is 0. The van der Waals surface area contributed by atoms with Gasteiger partial charge in [-0.05, 0) is 40.5 Å². The number of rotatable bonds is 5. The number of nitrogens with zero attached hydrogens (tertiary/aromatic N) is 6. The molecule has 132 valence electrons. The molecule has 25 heavy (non-hydrogen) atoms.